The lowest BCUT2D eigenvalue weighted by Gasteiger charge is -2.37. The van der Waals surface area contributed by atoms with E-state index in [1.165, 1.54) is 5.56 Å². The van der Waals surface area contributed by atoms with Crippen molar-refractivity contribution in [1.82, 2.24) is 15.4 Å². The maximum atomic E-state index is 11.9. The maximum absolute atomic E-state index is 11.9. The van der Waals surface area contributed by atoms with E-state index in [2.05, 4.69) is 15.4 Å². The molecule has 2 fully saturated rings. The van der Waals surface area contributed by atoms with E-state index in [0.717, 1.165) is 56.9 Å². The minimum absolute atomic E-state index is 0.0742. The van der Waals surface area contributed by atoms with Crippen LogP contribution in [-0.4, -0.2) is 35.6 Å². The lowest BCUT2D eigenvalue weighted by Crippen LogP contribution is -2.43. The van der Waals surface area contributed by atoms with Crippen LogP contribution >= 0.6 is 0 Å². The zero-order valence-corrected chi connectivity index (χ0v) is 11.7. The summed E-state index contributed by atoms with van der Waals surface area (Å²) in [5, 5.41) is 6.98. The quantitative estimate of drug-likeness (QED) is 0.876. The normalized spacial score (nSPS) is 22.9. The molecule has 1 N–H and O–H groups in total. The fraction of sp³-hybridized carbons (Fsp3) is 0.714. The Labute approximate surface area is 113 Å². The van der Waals surface area contributed by atoms with Gasteiger partial charge >= 0.3 is 0 Å². The summed E-state index contributed by atoms with van der Waals surface area (Å²) < 4.78 is 5.21. The Balaban J connectivity index is 1.63. The number of aromatic nitrogens is 1. The van der Waals surface area contributed by atoms with Gasteiger partial charge in [-0.25, -0.2) is 0 Å². The highest BCUT2D eigenvalue weighted by Gasteiger charge is 2.44. The Bertz CT molecular complexity index is 467. The summed E-state index contributed by atoms with van der Waals surface area (Å²) in [7, 11) is 0. The number of piperidine rings is 1. The van der Waals surface area contributed by atoms with Crippen molar-refractivity contribution in [3.8, 4) is 0 Å². The van der Waals surface area contributed by atoms with Crippen molar-refractivity contribution >= 4 is 5.91 Å². The third-order valence-electron chi connectivity index (χ3n) is 4.75. The van der Waals surface area contributed by atoms with Crippen LogP contribution in [0.2, 0.25) is 0 Å². The summed E-state index contributed by atoms with van der Waals surface area (Å²) >= 11 is 0. The number of hydrogen-bond donors (Lipinski definition) is 1. The Morgan fingerprint density at radius 2 is 2.05 bits per heavy atom. The van der Waals surface area contributed by atoms with Crippen LogP contribution in [0.25, 0.3) is 0 Å². The molecule has 5 heteroatoms. The third kappa shape index (κ3) is 2.16. The zero-order chi connectivity index (χ0) is 13.5. The van der Waals surface area contributed by atoms with Crippen molar-refractivity contribution in [3.05, 3.63) is 17.0 Å². The smallest absolute Gasteiger partial charge is 0.226 e. The van der Waals surface area contributed by atoms with Gasteiger partial charge in [0.1, 0.15) is 5.76 Å². The minimum atomic E-state index is -0.0742. The highest BCUT2D eigenvalue weighted by molar-refractivity contribution is 5.84. The molecule has 5 nitrogen and oxygen atoms in total. The lowest BCUT2D eigenvalue weighted by molar-refractivity contribution is -0.130. The summed E-state index contributed by atoms with van der Waals surface area (Å²) in [6.07, 6.45) is 2.95. The molecule has 0 atom stereocenters. The third-order valence-corrected chi connectivity index (χ3v) is 4.75. The van der Waals surface area contributed by atoms with Gasteiger partial charge in [-0.05, 0) is 46.2 Å². The number of nitrogens with zero attached hydrogens (tertiary/aromatic N) is 2. The van der Waals surface area contributed by atoms with Crippen molar-refractivity contribution < 1.29 is 9.32 Å². The topological polar surface area (TPSA) is 58.4 Å². The molecule has 3 rings (SSSR count). The van der Waals surface area contributed by atoms with Crippen LogP contribution in [0, 0.1) is 19.3 Å². The predicted octanol–water partition coefficient (Wildman–Crippen LogP) is 1.39. The number of nitrogens with one attached hydrogen (secondary N) is 1. The number of amides is 1. The van der Waals surface area contributed by atoms with Gasteiger partial charge in [-0.15, -0.1) is 0 Å². The Kier molecular flexibility index (Phi) is 3.09. The van der Waals surface area contributed by atoms with E-state index in [9.17, 15) is 4.79 Å². The maximum Gasteiger partial charge on any atom is 0.226 e. The molecule has 3 heterocycles. The van der Waals surface area contributed by atoms with Gasteiger partial charge in [0.2, 0.25) is 5.91 Å². The molecule has 0 bridgehead atoms. The highest BCUT2D eigenvalue weighted by Crippen LogP contribution is 2.38. The van der Waals surface area contributed by atoms with E-state index in [4.69, 9.17) is 4.52 Å². The average molecular weight is 263 g/mol. The van der Waals surface area contributed by atoms with Crippen LogP contribution in [0.3, 0.4) is 0 Å². The van der Waals surface area contributed by atoms with E-state index in [-0.39, 0.29) is 11.3 Å². The molecule has 0 aromatic carbocycles. The number of rotatable bonds is 2. The molecule has 19 heavy (non-hydrogen) atoms. The van der Waals surface area contributed by atoms with Gasteiger partial charge in [0.25, 0.3) is 0 Å². The van der Waals surface area contributed by atoms with Crippen molar-refractivity contribution in [2.45, 2.75) is 39.7 Å². The van der Waals surface area contributed by atoms with Crippen LogP contribution in [0.1, 0.15) is 36.3 Å². The molecule has 1 amide bonds. The van der Waals surface area contributed by atoms with Gasteiger partial charge in [-0.2, -0.15) is 0 Å². The Morgan fingerprint density at radius 3 is 2.58 bits per heavy atom. The molecule has 1 spiro atoms. The number of hydrogen-bond acceptors (Lipinski definition) is 4. The van der Waals surface area contributed by atoms with Gasteiger partial charge in [0.05, 0.1) is 11.1 Å². The monoisotopic (exact) mass is 263 g/mol. The minimum Gasteiger partial charge on any atom is -0.361 e. The fourth-order valence-electron chi connectivity index (χ4n) is 3.28. The number of likely N-dealkylation sites (tertiary alicyclic amines) is 1. The molecular formula is C14H21N3O2. The second kappa shape index (κ2) is 4.63. The molecular weight excluding hydrogens is 242 g/mol. The first kappa shape index (κ1) is 12.7. The molecule has 2 aliphatic rings. The number of carbonyl (C=O) groups is 1. The largest absolute Gasteiger partial charge is 0.361 e. The summed E-state index contributed by atoms with van der Waals surface area (Å²) in [6, 6.07) is 0. The fourth-order valence-corrected chi connectivity index (χ4v) is 3.28. The van der Waals surface area contributed by atoms with Crippen molar-refractivity contribution in [2.75, 3.05) is 19.6 Å². The molecule has 104 valence electrons. The average Bonchev–Trinajstić information content (AvgIpc) is 2.90. The van der Waals surface area contributed by atoms with Crippen LogP contribution < -0.4 is 5.32 Å². The highest BCUT2D eigenvalue weighted by atomic mass is 16.5. The molecule has 0 radical (unpaired) electrons. The van der Waals surface area contributed by atoms with Gasteiger partial charge in [0.15, 0.2) is 0 Å². The summed E-state index contributed by atoms with van der Waals surface area (Å²) in [5.41, 5.74) is 2.11. The van der Waals surface area contributed by atoms with Gasteiger partial charge in [0, 0.05) is 18.7 Å². The van der Waals surface area contributed by atoms with Crippen molar-refractivity contribution in [3.63, 3.8) is 0 Å². The summed E-state index contributed by atoms with van der Waals surface area (Å²) in [4.78, 5) is 14.3. The summed E-state index contributed by atoms with van der Waals surface area (Å²) in [6.45, 7) is 7.66. The van der Waals surface area contributed by atoms with E-state index in [1.807, 2.05) is 13.8 Å². The first-order chi connectivity index (χ1) is 9.11. The van der Waals surface area contributed by atoms with E-state index >= 15 is 0 Å². The molecule has 2 aliphatic heterocycles. The first-order valence-corrected chi connectivity index (χ1v) is 7.03. The van der Waals surface area contributed by atoms with E-state index in [0.29, 0.717) is 0 Å². The predicted molar refractivity (Wildman–Crippen MR) is 70.5 cm³/mol. The van der Waals surface area contributed by atoms with Gasteiger partial charge < -0.3 is 9.84 Å². The standard InChI is InChI=1S/C14H21N3O2/c1-10-12(11(2)19-16-10)9-17-7-4-14(5-8-17)3-6-15-13(14)18/h3-9H2,1-2H3,(H,15,18). The molecule has 1 aromatic rings. The van der Waals surface area contributed by atoms with Gasteiger partial charge in [-0.3, -0.25) is 9.69 Å². The molecule has 1 aromatic heterocycles. The molecule has 2 saturated heterocycles. The van der Waals surface area contributed by atoms with Crippen LogP contribution in [-0.2, 0) is 11.3 Å². The Morgan fingerprint density at radius 1 is 1.32 bits per heavy atom. The van der Waals surface area contributed by atoms with E-state index < -0.39 is 0 Å². The van der Waals surface area contributed by atoms with E-state index in [1.54, 1.807) is 0 Å². The van der Waals surface area contributed by atoms with Crippen molar-refractivity contribution in [1.29, 1.82) is 0 Å². The molecule has 0 unspecified atom stereocenters. The summed E-state index contributed by atoms with van der Waals surface area (Å²) in [5.74, 6) is 1.18. The lowest BCUT2D eigenvalue weighted by atomic mass is 9.77. The van der Waals surface area contributed by atoms with Crippen molar-refractivity contribution in [2.24, 2.45) is 5.41 Å². The number of aryl methyl sites for hydroxylation is 2. The Hall–Kier alpha value is -1.36. The van der Waals surface area contributed by atoms with Crippen LogP contribution in [0.4, 0.5) is 0 Å². The second-order valence-corrected chi connectivity index (χ2v) is 5.87. The number of carbonyl (C=O) groups excluding carboxylic acids is 1. The SMILES string of the molecule is Cc1noc(C)c1CN1CCC2(CCNC2=O)CC1. The van der Waals surface area contributed by atoms with Crippen LogP contribution in [0.5, 0.6) is 0 Å². The molecule has 0 aliphatic carbocycles. The second-order valence-electron chi connectivity index (χ2n) is 5.87. The van der Waals surface area contributed by atoms with Crippen LogP contribution in [0.15, 0.2) is 4.52 Å². The first-order valence-electron chi connectivity index (χ1n) is 7.03. The van der Waals surface area contributed by atoms with Gasteiger partial charge in [-0.1, -0.05) is 5.16 Å². The zero-order valence-electron chi connectivity index (χ0n) is 11.7. The molecule has 0 saturated carbocycles.